The molecule has 0 aliphatic heterocycles. The van der Waals surface area contributed by atoms with Gasteiger partial charge >= 0.3 is 12.4 Å². The van der Waals surface area contributed by atoms with Crippen molar-refractivity contribution in [3.63, 3.8) is 0 Å². The molecule has 0 bridgehead atoms. The third-order valence-corrected chi connectivity index (χ3v) is 4.37. The van der Waals surface area contributed by atoms with Gasteiger partial charge in [0.15, 0.2) is 9.84 Å². The summed E-state index contributed by atoms with van der Waals surface area (Å²) in [7, 11) is -3.86. The molecule has 0 heterocycles. The first kappa shape index (κ1) is 19.3. The van der Waals surface area contributed by atoms with E-state index in [0.717, 1.165) is 6.92 Å². The van der Waals surface area contributed by atoms with Crippen molar-refractivity contribution in [1.82, 2.24) is 0 Å². The maximum Gasteiger partial charge on any atom is 0.416 e. The van der Waals surface area contributed by atoms with Crippen LogP contribution in [0.15, 0.2) is 18.2 Å². The minimum Gasteiger partial charge on any atom is -0.325 e. The van der Waals surface area contributed by atoms with Crippen LogP contribution in [0, 0.1) is 0 Å². The molecule has 130 valence electrons. The summed E-state index contributed by atoms with van der Waals surface area (Å²) < 4.78 is 98.3. The van der Waals surface area contributed by atoms with Crippen LogP contribution in [-0.4, -0.2) is 25.8 Å². The number of carbonyl (C=O) groups is 1. The fourth-order valence-electron chi connectivity index (χ4n) is 1.47. The predicted molar refractivity (Wildman–Crippen MR) is 69.4 cm³/mol. The van der Waals surface area contributed by atoms with E-state index in [9.17, 15) is 39.6 Å². The third-order valence-electron chi connectivity index (χ3n) is 2.87. The summed E-state index contributed by atoms with van der Waals surface area (Å²) in [4.78, 5) is 11.6. The molecule has 0 fully saturated rings. The van der Waals surface area contributed by atoms with Crippen LogP contribution in [-0.2, 0) is 27.0 Å². The van der Waals surface area contributed by atoms with Crippen LogP contribution in [0.2, 0.25) is 0 Å². The van der Waals surface area contributed by atoms with Crippen molar-refractivity contribution in [3.8, 4) is 0 Å². The standard InChI is InChI=1S/C12H11F6NO3S/c1-6(23(2,21)22)10(20)19-9-4-7(11(13,14)15)3-8(5-9)12(16,17)18/h3-6H,1-2H3,(H,19,20). The number of rotatable bonds is 3. The van der Waals surface area contributed by atoms with E-state index in [1.54, 1.807) is 5.32 Å². The van der Waals surface area contributed by atoms with Gasteiger partial charge in [-0.25, -0.2) is 8.42 Å². The number of halogens is 6. The first-order valence-electron chi connectivity index (χ1n) is 5.91. The zero-order valence-corrected chi connectivity index (χ0v) is 12.5. The molecular weight excluding hydrogens is 352 g/mol. The number of hydrogen-bond acceptors (Lipinski definition) is 3. The van der Waals surface area contributed by atoms with Gasteiger partial charge in [-0.1, -0.05) is 0 Å². The van der Waals surface area contributed by atoms with Crippen molar-refractivity contribution in [2.75, 3.05) is 11.6 Å². The molecule has 1 unspecified atom stereocenters. The lowest BCUT2D eigenvalue weighted by atomic mass is 10.1. The fraction of sp³-hybridized carbons (Fsp3) is 0.417. The van der Waals surface area contributed by atoms with E-state index in [4.69, 9.17) is 0 Å². The zero-order chi connectivity index (χ0) is 18.2. The van der Waals surface area contributed by atoms with Crippen LogP contribution in [0.4, 0.5) is 32.0 Å². The average Bonchev–Trinajstić information content (AvgIpc) is 2.34. The lowest BCUT2D eigenvalue weighted by Crippen LogP contribution is -2.32. The van der Waals surface area contributed by atoms with Crippen molar-refractivity contribution in [2.45, 2.75) is 24.5 Å². The third kappa shape index (κ3) is 5.12. The minimum atomic E-state index is -5.07. The van der Waals surface area contributed by atoms with Crippen molar-refractivity contribution in [1.29, 1.82) is 0 Å². The zero-order valence-electron chi connectivity index (χ0n) is 11.7. The Labute approximate surface area is 127 Å². The maximum atomic E-state index is 12.6. The highest BCUT2D eigenvalue weighted by molar-refractivity contribution is 7.92. The van der Waals surface area contributed by atoms with Gasteiger partial charge in [-0.2, -0.15) is 26.3 Å². The SMILES string of the molecule is CC(C(=O)Nc1cc(C(F)(F)F)cc(C(F)(F)F)c1)S(C)(=O)=O. The van der Waals surface area contributed by atoms with Gasteiger partial charge in [0.2, 0.25) is 5.91 Å². The number of anilines is 1. The lowest BCUT2D eigenvalue weighted by Gasteiger charge is -2.16. The molecule has 1 N–H and O–H groups in total. The molecule has 1 atom stereocenters. The van der Waals surface area contributed by atoms with Crippen LogP contribution in [0.3, 0.4) is 0 Å². The first-order chi connectivity index (χ1) is 10.1. The largest absolute Gasteiger partial charge is 0.416 e. The normalized spacial score (nSPS) is 14.4. The fourth-order valence-corrected chi connectivity index (χ4v) is 1.91. The van der Waals surface area contributed by atoms with Gasteiger partial charge in [-0.3, -0.25) is 4.79 Å². The van der Waals surface area contributed by atoms with E-state index in [-0.39, 0.29) is 6.07 Å². The number of amides is 1. The van der Waals surface area contributed by atoms with Gasteiger partial charge in [-0.15, -0.1) is 0 Å². The van der Waals surface area contributed by atoms with E-state index in [1.165, 1.54) is 0 Å². The van der Waals surface area contributed by atoms with Crippen LogP contribution >= 0.6 is 0 Å². The van der Waals surface area contributed by atoms with Gasteiger partial charge in [0.25, 0.3) is 0 Å². The highest BCUT2D eigenvalue weighted by Gasteiger charge is 2.37. The molecule has 23 heavy (non-hydrogen) atoms. The lowest BCUT2D eigenvalue weighted by molar-refractivity contribution is -0.143. The number of sulfone groups is 1. The monoisotopic (exact) mass is 363 g/mol. The van der Waals surface area contributed by atoms with Gasteiger partial charge in [0.1, 0.15) is 5.25 Å². The Bertz CT molecular complexity index is 676. The Morgan fingerprint density at radius 1 is 1.00 bits per heavy atom. The Hall–Kier alpha value is -1.78. The molecule has 4 nitrogen and oxygen atoms in total. The average molecular weight is 363 g/mol. The highest BCUT2D eigenvalue weighted by atomic mass is 32.2. The minimum absolute atomic E-state index is 0.102. The van der Waals surface area contributed by atoms with E-state index >= 15 is 0 Å². The number of hydrogen-bond donors (Lipinski definition) is 1. The molecule has 1 rings (SSSR count). The molecule has 0 saturated carbocycles. The summed E-state index contributed by atoms with van der Waals surface area (Å²) in [5.41, 5.74) is -4.03. The summed E-state index contributed by atoms with van der Waals surface area (Å²) in [6.07, 6.45) is -9.42. The quantitative estimate of drug-likeness (QED) is 0.840. The van der Waals surface area contributed by atoms with Gasteiger partial charge in [0, 0.05) is 11.9 Å². The van der Waals surface area contributed by atoms with Crippen LogP contribution in [0.5, 0.6) is 0 Å². The smallest absolute Gasteiger partial charge is 0.325 e. The van der Waals surface area contributed by atoms with Crippen molar-refractivity contribution >= 4 is 21.4 Å². The summed E-state index contributed by atoms with van der Waals surface area (Å²) >= 11 is 0. The predicted octanol–water partition coefficient (Wildman–Crippen LogP) is 3.10. The van der Waals surface area contributed by atoms with E-state index in [1.807, 2.05) is 0 Å². The maximum absolute atomic E-state index is 12.6. The second-order valence-corrected chi connectivity index (χ2v) is 7.12. The molecule has 1 amide bonds. The molecule has 0 saturated heterocycles. The molecule has 0 aliphatic rings. The van der Waals surface area contributed by atoms with Crippen molar-refractivity contribution in [2.24, 2.45) is 0 Å². The van der Waals surface area contributed by atoms with Gasteiger partial charge in [0.05, 0.1) is 11.1 Å². The van der Waals surface area contributed by atoms with Gasteiger partial charge < -0.3 is 5.32 Å². The molecule has 11 heteroatoms. The molecule has 1 aromatic carbocycles. The molecule has 0 aromatic heterocycles. The van der Waals surface area contributed by atoms with E-state index in [0.29, 0.717) is 18.4 Å². The van der Waals surface area contributed by atoms with Crippen molar-refractivity contribution < 1.29 is 39.6 Å². The number of benzene rings is 1. The second kappa shape index (κ2) is 6.02. The van der Waals surface area contributed by atoms with Crippen LogP contribution in [0.25, 0.3) is 0 Å². The summed E-state index contributed by atoms with van der Waals surface area (Å²) in [6, 6.07) is 0.486. The Morgan fingerprint density at radius 3 is 1.70 bits per heavy atom. The molecule has 0 spiro atoms. The Kier molecular flexibility index (Phi) is 5.04. The molecule has 0 radical (unpaired) electrons. The Morgan fingerprint density at radius 2 is 1.39 bits per heavy atom. The Balaban J connectivity index is 3.29. The van der Waals surface area contributed by atoms with Crippen LogP contribution < -0.4 is 5.32 Å². The first-order valence-corrected chi connectivity index (χ1v) is 7.87. The number of alkyl halides is 6. The van der Waals surface area contributed by atoms with E-state index < -0.39 is 50.2 Å². The second-order valence-electron chi connectivity index (χ2n) is 4.76. The number of nitrogens with one attached hydrogen (secondary N) is 1. The molecule has 0 aliphatic carbocycles. The van der Waals surface area contributed by atoms with Gasteiger partial charge in [-0.05, 0) is 25.1 Å². The van der Waals surface area contributed by atoms with Crippen molar-refractivity contribution in [3.05, 3.63) is 29.3 Å². The van der Waals surface area contributed by atoms with E-state index in [2.05, 4.69) is 0 Å². The number of carbonyl (C=O) groups excluding carboxylic acids is 1. The summed E-state index contributed by atoms with van der Waals surface area (Å²) in [6.45, 7) is 0.961. The van der Waals surface area contributed by atoms with Crippen LogP contribution in [0.1, 0.15) is 18.1 Å². The highest BCUT2D eigenvalue weighted by Crippen LogP contribution is 2.37. The molecule has 1 aromatic rings. The topological polar surface area (TPSA) is 63.2 Å². The summed E-state index contributed by atoms with van der Waals surface area (Å²) in [5, 5.41) is 0.122. The molecular formula is C12H11F6NO3S. The summed E-state index contributed by atoms with van der Waals surface area (Å²) in [5.74, 6) is -1.24.